The van der Waals surface area contributed by atoms with Gasteiger partial charge < -0.3 is 19.7 Å². The van der Waals surface area contributed by atoms with Gasteiger partial charge in [-0.15, -0.1) is 0 Å². The first kappa shape index (κ1) is 20.1. The normalized spacial score (nSPS) is 14.6. The van der Waals surface area contributed by atoms with Gasteiger partial charge in [-0.25, -0.2) is 0 Å². The molecule has 0 heterocycles. The van der Waals surface area contributed by atoms with Crippen molar-refractivity contribution in [2.75, 3.05) is 34.4 Å². The van der Waals surface area contributed by atoms with E-state index in [0.29, 0.717) is 24.5 Å². The molecule has 0 atom stereocenters. The molecule has 0 spiro atoms. The predicted molar refractivity (Wildman–Crippen MR) is 100 cm³/mol. The Morgan fingerprint density at radius 2 is 1.81 bits per heavy atom. The van der Waals surface area contributed by atoms with Crippen molar-refractivity contribution in [3.8, 4) is 11.5 Å². The van der Waals surface area contributed by atoms with Crippen LogP contribution in [0.3, 0.4) is 0 Å². The van der Waals surface area contributed by atoms with E-state index in [1.165, 1.54) is 6.42 Å². The first-order valence-corrected chi connectivity index (χ1v) is 9.27. The van der Waals surface area contributed by atoms with E-state index < -0.39 is 0 Å². The minimum atomic E-state index is -0.0744. The maximum Gasteiger partial charge on any atom is 0.241 e. The van der Waals surface area contributed by atoms with Gasteiger partial charge in [0, 0.05) is 19.5 Å². The van der Waals surface area contributed by atoms with Gasteiger partial charge in [0.15, 0.2) is 11.5 Å². The Labute approximate surface area is 155 Å². The standard InChI is InChI=1S/C20H30N2O4/c1-22(12-11-15-9-10-17(25-2)18(13-15)26-3)19(23)14-21-20(24)16-7-5-4-6-8-16/h9-10,13,16H,4-8,11-12,14H2,1-3H3,(H,21,24). The van der Waals surface area contributed by atoms with Crippen LogP contribution in [-0.4, -0.2) is 51.1 Å². The van der Waals surface area contributed by atoms with Gasteiger partial charge in [0.05, 0.1) is 20.8 Å². The van der Waals surface area contributed by atoms with Crippen molar-refractivity contribution in [3.05, 3.63) is 23.8 Å². The van der Waals surface area contributed by atoms with Gasteiger partial charge in [0.1, 0.15) is 0 Å². The molecule has 0 radical (unpaired) electrons. The monoisotopic (exact) mass is 362 g/mol. The second-order valence-electron chi connectivity index (χ2n) is 6.81. The Balaban J connectivity index is 1.77. The lowest BCUT2D eigenvalue weighted by Gasteiger charge is -2.22. The van der Waals surface area contributed by atoms with E-state index in [2.05, 4.69) is 5.32 Å². The summed E-state index contributed by atoms with van der Waals surface area (Å²) in [7, 11) is 4.97. The molecular formula is C20H30N2O4. The Morgan fingerprint density at radius 3 is 2.46 bits per heavy atom. The van der Waals surface area contributed by atoms with E-state index in [-0.39, 0.29) is 24.3 Å². The smallest absolute Gasteiger partial charge is 0.241 e. The highest BCUT2D eigenvalue weighted by Gasteiger charge is 2.21. The summed E-state index contributed by atoms with van der Waals surface area (Å²) >= 11 is 0. The van der Waals surface area contributed by atoms with Crippen LogP contribution in [0, 0.1) is 5.92 Å². The van der Waals surface area contributed by atoms with Crippen molar-refractivity contribution in [2.45, 2.75) is 38.5 Å². The zero-order valence-corrected chi connectivity index (χ0v) is 16.0. The minimum Gasteiger partial charge on any atom is -0.493 e. The number of rotatable bonds is 8. The summed E-state index contributed by atoms with van der Waals surface area (Å²) in [4.78, 5) is 26.0. The van der Waals surface area contributed by atoms with E-state index in [1.54, 1.807) is 26.2 Å². The number of carbonyl (C=O) groups excluding carboxylic acids is 2. The Bertz CT molecular complexity index is 612. The lowest BCUT2D eigenvalue weighted by Crippen LogP contribution is -2.41. The van der Waals surface area contributed by atoms with Crippen LogP contribution in [0.1, 0.15) is 37.7 Å². The minimum absolute atomic E-state index is 0.0198. The van der Waals surface area contributed by atoms with Crippen molar-refractivity contribution in [1.29, 1.82) is 0 Å². The number of hydrogen-bond acceptors (Lipinski definition) is 4. The van der Waals surface area contributed by atoms with Crippen molar-refractivity contribution < 1.29 is 19.1 Å². The largest absolute Gasteiger partial charge is 0.493 e. The van der Waals surface area contributed by atoms with E-state index in [1.807, 2.05) is 18.2 Å². The highest BCUT2D eigenvalue weighted by Crippen LogP contribution is 2.27. The average molecular weight is 362 g/mol. The summed E-state index contributed by atoms with van der Waals surface area (Å²) in [5, 5.41) is 2.80. The SMILES string of the molecule is COc1ccc(CCN(C)C(=O)CNC(=O)C2CCCCC2)cc1OC. The summed E-state index contributed by atoms with van der Waals surface area (Å²) in [5.74, 6) is 1.39. The Hall–Kier alpha value is -2.24. The first-order valence-electron chi connectivity index (χ1n) is 9.27. The third-order valence-electron chi connectivity index (χ3n) is 5.00. The quantitative estimate of drug-likeness (QED) is 0.771. The van der Waals surface area contributed by atoms with Crippen LogP contribution in [0.15, 0.2) is 18.2 Å². The number of hydrogen-bond donors (Lipinski definition) is 1. The molecule has 26 heavy (non-hydrogen) atoms. The molecule has 0 bridgehead atoms. The van der Waals surface area contributed by atoms with Crippen LogP contribution in [-0.2, 0) is 16.0 Å². The van der Waals surface area contributed by atoms with Crippen molar-refractivity contribution >= 4 is 11.8 Å². The van der Waals surface area contributed by atoms with Gasteiger partial charge in [-0.1, -0.05) is 25.3 Å². The second kappa shape index (κ2) is 10.0. The van der Waals surface area contributed by atoms with E-state index in [9.17, 15) is 9.59 Å². The van der Waals surface area contributed by atoms with Crippen LogP contribution < -0.4 is 14.8 Å². The number of likely N-dealkylation sites (N-methyl/N-ethyl adjacent to an activating group) is 1. The van der Waals surface area contributed by atoms with Gasteiger partial charge in [0.25, 0.3) is 0 Å². The Kier molecular flexibility index (Phi) is 7.75. The van der Waals surface area contributed by atoms with Gasteiger partial charge in [-0.2, -0.15) is 0 Å². The first-order chi connectivity index (χ1) is 12.5. The maximum atomic E-state index is 12.2. The topological polar surface area (TPSA) is 67.9 Å². The van der Waals surface area contributed by atoms with E-state index >= 15 is 0 Å². The third kappa shape index (κ3) is 5.64. The molecular weight excluding hydrogens is 332 g/mol. The van der Waals surface area contributed by atoms with Crippen LogP contribution in [0.4, 0.5) is 0 Å². The molecule has 0 saturated heterocycles. The van der Waals surface area contributed by atoms with E-state index in [4.69, 9.17) is 9.47 Å². The molecule has 0 unspecified atom stereocenters. The molecule has 6 nitrogen and oxygen atoms in total. The average Bonchev–Trinajstić information content (AvgIpc) is 2.70. The summed E-state index contributed by atoms with van der Waals surface area (Å²) in [6, 6.07) is 5.74. The lowest BCUT2D eigenvalue weighted by atomic mass is 9.89. The van der Waals surface area contributed by atoms with Crippen molar-refractivity contribution in [3.63, 3.8) is 0 Å². The fourth-order valence-electron chi connectivity index (χ4n) is 3.26. The molecule has 0 aliphatic heterocycles. The number of methoxy groups -OCH3 is 2. The van der Waals surface area contributed by atoms with Gasteiger partial charge >= 0.3 is 0 Å². The maximum absolute atomic E-state index is 12.2. The number of benzene rings is 1. The molecule has 2 rings (SSSR count). The second-order valence-corrected chi connectivity index (χ2v) is 6.81. The zero-order chi connectivity index (χ0) is 18.9. The molecule has 1 aliphatic rings. The number of ether oxygens (including phenoxy) is 2. The number of amides is 2. The molecule has 2 amide bonds. The van der Waals surface area contributed by atoms with Crippen LogP contribution in [0.5, 0.6) is 11.5 Å². The van der Waals surface area contributed by atoms with Crippen molar-refractivity contribution in [2.24, 2.45) is 5.92 Å². The summed E-state index contributed by atoms with van der Waals surface area (Å²) in [6.45, 7) is 0.644. The number of carbonyl (C=O) groups is 2. The molecule has 1 fully saturated rings. The van der Waals surface area contributed by atoms with Crippen LogP contribution >= 0.6 is 0 Å². The van der Waals surface area contributed by atoms with Gasteiger partial charge in [0.2, 0.25) is 11.8 Å². The highest BCUT2D eigenvalue weighted by atomic mass is 16.5. The Morgan fingerprint density at radius 1 is 1.12 bits per heavy atom. The summed E-state index contributed by atoms with van der Waals surface area (Å²) < 4.78 is 10.5. The molecule has 1 aliphatic carbocycles. The number of nitrogens with one attached hydrogen (secondary N) is 1. The van der Waals surface area contributed by atoms with Gasteiger partial charge in [-0.05, 0) is 37.0 Å². The molecule has 1 aromatic carbocycles. The van der Waals surface area contributed by atoms with Crippen molar-refractivity contribution in [1.82, 2.24) is 10.2 Å². The summed E-state index contributed by atoms with van der Waals surface area (Å²) in [6.07, 6.45) is 6.01. The third-order valence-corrected chi connectivity index (χ3v) is 5.00. The highest BCUT2D eigenvalue weighted by molar-refractivity contribution is 5.85. The van der Waals surface area contributed by atoms with E-state index in [0.717, 1.165) is 31.2 Å². The summed E-state index contributed by atoms with van der Waals surface area (Å²) in [5.41, 5.74) is 1.06. The molecule has 1 saturated carbocycles. The zero-order valence-electron chi connectivity index (χ0n) is 16.0. The molecule has 1 aromatic rings. The molecule has 1 N–H and O–H groups in total. The molecule has 6 heteroatoms. The fourth-order valence-corrected chi connectivity index (χ4v) is 3.26. The lowest BCUT2D eigenvalue weighted by molar-refractivity contribution is -0.133. The molecule has 0 aromatic heterocycles. The van der Waals surface area contributed by atoms with Gasteiger partial charge in [-0.3, -0.25) is 9.59 Å². The fraction of sp³-hybridized carbons (Fsp3) is 0.600. The van der Waals surface area contributed by atoms with Crippen LogP contribution in [0.2, 0.25) is 0 Å². The molecule has 144 valence electrons. The predicted octanol–water partition coefficient (Wildman–Crippen LogP) is 2.40. The number of nitrogens with zero attached hydrogens (tertiary/aromatic N) is 1. The van der Waals surface area contributed by atoms with Crippen LogP contribution in [0.25, 0.3) is 0 Å².